The first kappa shape index (κ1) is 12.7. The summed E-state index contributed by atoms with van der Waals surface area (Å²) in [6.45, 7) is 0. The topological polar surface area (TPSA) is 75.2 Å². The van der Waals surface area contributed by atoms with Crippen molar-refractivity contribution in [3.8, 4) is 0 Å². The van der Waals surface area contributed by atoms with Gasteiger partial charge in [-0.1, -0.05) is 24.3 Å². The average molecular weight is 291 g/mol. The van der Waals surface area contributed by atoms with Crippen molar-refractivity contribution in [3.63, 3.8) is 0 Å². The molecule has 0 saturated heterocycles. The minimum atomic E-state index is -0.879. The molecule has 1 aliphatic rings. The highest BCUT2D eigenvalue weighted by molar-refractivity contribution is 5.95. The molecule has 0 spiro atoms. The summed E-state index contributed by atoms with van der Waals surface area (Å²) >= 11 is 0. The minimum absolute atomic E-state index is 0.527. The van der Waals surface area contributed by atoms with Crippen molar-refractivity contribution in [1.82, 2.24) is 20.7 Å². The number of H-pyrrole nitrogens is 1. The lowest BCUT2D eigenvalue weighted by molar-refractivity contribution is 0.138. The summed E-state index contributed by atoms with van der Waals surface area (Å²) in [6, 6.07) is 15.4. The maximum Gasteiger partial charge on any atom is 0.243 e. The molecule has 1 unspecified atom stereocenters. The molecular formula is C16H13N5O. The van der Waals surface area contributed by atoms with Gasteiger partial charge in [0.25, 0.3) is 0 Å². The number of benzene rings is 1. The van der Waals surface area contributed by atoms with E-state index in [9.17, 15) is 0 Å². The van der Waals surface area contributed by atoms with Crippen LogP contribution in [0, 0.1) is 0 Å². The molecule has 1 atom stereocenters. The summed E-state index contributed by atoms with van der Waals surface area (Å²) in [4.78, 5) is 14.6. The predicted molar refractivity (Wildman–Crippen MR) is 80.8 cm³/mol. The lowest BCUT2D eigenvalue weighted by atomic mass is 9.99. The first-order valence-electron chi connectivity index (χ1n) is 6.88. The van der Waals surface area contributed by atoms with Crippen molar-refractivity contribution in [1.29, 1.82) is 0 Å². The van der Waals surface area contributed by atoms with E-state index in [4.69, 9.17) is 9.83 Å². The molecular weight excluding hydrogens is 278 g/mol. The second kappa shape index (κ2) is 5.09. The average Bonchev–Trinajstić information content (AvgIpc) is 3.27. The highest BCUT2D eigenvalue weighted by Gasteiger charge is 2.42. The van der Waals surface area contributed by atoms with Crippen LogP contribution < -0.4 is 5.48 Å². The number of hydrogen-bond donors (Lipinski definition) is 2. The highest BCUT2D eigenvalue weighted by atomic mass is 16.7. The molecule has 1 aliphatic heterocycles. The molecule has 108 valence electrons. The molecule has 2 aromatic heterocycles. The van der Waals surface area contributed by atoms with Crippen LogP contribution in [0.3, 0.4) is 0 Å². The highest BCUT2D eigenvalue weighted by Crippen LogP contribution is 2.33. The van der Waals surface area contributed by atoms with Gasteiger partial charge in [-0.15, -0.1) is 5.48 Å². The van der Waals surface area contributed by atoms with Crippen molar-refractivity contribution in [3.05, 3.63) is 83.9 Å². The number of aromatic amines is 1. The summed E-state index contributed by atoms with van der Waals surface area (Å²) in [5.74, 6) is 0.527. The van der Waals surface area contributed by atoms with E-state index in [0.29, 0.717) is 5.90 Å². The fourth-order valence-corrected chi connectivity index (χ4v) is 2.45. The first-order chi connectivity index (χ1) is 10.9. The fraction of sp³-hybridized carbons (Fsp3) is 0.0625. The van der Waals surface area contributed by atoms with Crippen molar-refractivity contribution >= 4 is 5.90 Å². The van der Waals surface area contributed by atoms with E-state index in [1.54, 1.807) is 18.6 Å². The Kier molecular flexibility index (Phi) is 2.94. The summed E-state index contributed by atoms with van der Waals surface area (Å²) in [5, 5.41) is 6.99. The Morgan fingerprint density at radius 3 is 2.59 bits per heavy atom. The number of nitrogens with zero attached hydrogens (tertiary/aromatic N) is 3. The van der Waals surface area contributed by atoms with Gasteiger partial charge in [-0.3, -0.25) is 10.1 Å². The van der Waals surface area contributed by atoms with Gasteiger partial charge in [-0.05, 0) is 24.3 Å². The number of pyridine rings is 1. The van der Waals surface area contributed by atoms with Crippen LogP contribution in [-0.4, -0.2) is 21.1 Å². The molecule has 1 aromatic carbocycles. The second-order valence-corrected chi connectivity index (χ2v) is 4.91. The fourth-order valence-electron chi connectivity index (χ4n) is 2.45. The van der Waals surface area contributed by atoms with E-state index in [0.717, 1.165) is 16.8 Å². The summed E-state index contributed by atoms with van der Waals surface area (Å²) < 4.78 is 0. The van der Waals surface area contributed by atoms with Crippen molar-refractivity contribution in [2.75, 3.05) is 0 Å². The van der Waals surface area contributed by atoms with Crippen molar-refractivity contribution in [2.45, 2.75) is 5.66 Å². The zero-order valence-corrected chi connectivity index (χ0v) is 11.6. The smallest absolute Gasteiger partial charge is 0.243 e. The van der Waals surface area contributed by atoms with E-state index >= 15 is 0 Å². The van der Waals surface area contributed by atoms with Gasteiger partial charge in [0.2, 0.25) is 11.6 Å². The lowest BCUT2D eigenvalue weighted by Crippen LogP contribution is -2.37. The molecule has 0 fully saturated rings. The molecule has 2 N–H and O–H groups in total. The Bertz CT molecular complexity index is 786. The van der Waals surface area contributed by atoms with Gasteiger partial charge in [0.1, 0.15) is 0 Å². The SMILES string of the molecule is c1ccc(C2=NC(c3cccnc3)(c3ccn[nH]3)NO2)cc1. The van der Waals surface area contributed by atoms with Gasteiger partial charge in [0.05, 0.1) is 5.69 Å². The van der Waals surface area contributed by atoms with Gasteiger partial charge < -0.3 is 4.84 Å². The van der Waals surface area contributed by atoms with E-state index in [1.807, 2.05) is 48.5 Å². The van der Waals surface area contributed by atoms with E-state index in [1.165, 1.54) is 0 Å². The Labute approximate surface area is 126 Å². The molecule has 22 heavy (non-hydrogen) atoms. The van der Waals surface area contributed by atoms with E-state index < -0.39 is 5.66 Å². The third-order valence-electron chi connectivity index (χ3n) is 3.56. The Hall–Kier alpha value is -2.99. The predicted octanol–water partition coefficient (Wildman–Crippen LogP) is 1.99. The molecule has 6 heteroatoms. The molecule has 0 saturated carbocycles. The zero-order valence-electron chi connectivity index (χ0n) is 11.6. The Morgan fingerprint density at radius 2 is 1.86 bits per heavy atom. The number of nitrogens with one attached hydrogen (secondary N) is 2. The summed E-state index contributed by atoms with van der Waals surface area (Å²) in [6.07, 6.45) is 5.17. The maximum absolute atomic E-state index is 5.66. The van der Waals surface area contributed by atoms with E-state index in [2.05, 4.69) is 20.7 Å². The monoisotopic (exact) mass is 291 g/mol. The molecule has 0 bridgehead atoms. The van der Waals surface area contributed by atoms with Crippen molar-refractivity contribution in [2.24, 2.45) is 4.99 Å². The molecule has 6 nitrogen and oxygen atoms in total. The second-order valence-electron chi connectivity index (χ2n) is 4.91. The summed E-state index contributed by atoms with van der Waals surface area (Å²) in [5.41, 5.74) is 4.70. The van der Waals surface area contributed by atoms with Crippen LogP contribution in [0.4, 0.5) is 0 Å². The van der Waals surface area contributed by atoms with Gasteiger partial charge in [-0.2, -0.15) is 5.10 Å². The van der Waals surface area contributed by atoms with Crippen LogP contribution in [0.1, 0.15) is 16.8 Å². The molecule has 0 aliphatic carbocycles. The first-order valence-corrected chi connectivity index (χ1v) is 6.88. The van der Waals surface area contributed by atoms with Crippen LogP contribution in [0.2, 0.25) is 0 Å². The Morgan fingerprint density at radius 1 is 0.955 bits per heavy atom. The van der Waals surface area contributed by atoms with E-state index in [-0.39, 0.29) is 0 Å². The lowest BCUT2D eigenvalue weighted by Gasteiger charge is -2.22. The number of hydroxylamine groups is 1. The minimum Gasteiger partial charge on any atom is -0.385 e. The van der Waals surface area contributed by atoms with Gasteiger partial charge >= 0.3 is 0 Å². The molecule has 0 amide bonds. The standard InChI is InChI=1S/C16H13N5O/c1-2-5-12(6-3-1)15-19-16(21-22-15,14-8-10-18-20-14)13-7-4-9-17-11-13/h1-11,21H,(H,18,20). The van der Waals surface area contributed by atoms with Crippen molar-refractivity contribution < 1.29 is 4.84 Å². The zero-order chi connectivity index (χ0) is 14.8. The maximum atomic E-state index is 5.66. The largest absolute Gasteiger partial charge is 0.385 e. The van der Waals surface area contributed by atoms with Crippen LogP contribution in [0.15, 0.2) is 72.1 Å². The third-order valence-corrected chi connectivity index (χ3v) is 3.56. The normalized spacial score (nSPS) is 20.5. The van der Waals surface area contributed by atoms with Gasteiger partial charge in [0.15, 0.2) is 0 Å². The van der Waals surface area contributed by atoms with Crippen LogP contribution in [0.5, 0.6) is 0 Å². The van der Waals surface area contributed by atoms with Gasteiger partial charge in [0, 0.05) is 29.7 Å². The van der Waals surface area contributed by atoms with Crippen LogP contribution in [0.25, 0.3) is 0 Å². The van der Waals surface area contributed by atoms with Crippen LogP contribution in [-0.2, 0) is 10.5 Å². The number of hydrogen-bond acceptors (Lipinski definition) is 5. The Balaban J connectivity index is 1.86. The van der Waals surface area contributed by atoms with Gasteiger partial charge in [-0.25, -0.2) is 4.99 Å². The molecule has 4 rings (SSSR count). The number of aromatic nitrogens is 3. The third kappa shape index (κ3) is 1.97. The number of aliphatic imine (C=N–C) groups is 1. The molecule has 3 aromatic rings. The molecule has 3 heterocycles. The van der Waals surface area contributed by atoms with Crippen LogP contribution >= 0.6 is 0 Å². The number of rotatable bonds is 3. The quantitative estimate of drug-likeness (QED) is 0.774. The summed E-state index contributed by atoms with van der Waals surface area (Å²) in [7, 11) is 0. The molecule has 0 radical (unpaired) electrons.